The van der Waals surface area contributed by atoms with Crippen LogP contribution < -0.4 is 9.47 Å². The molecule has 0 saturated heterocycles. The molecule has 102 valence electrons. The summed E-state index contributed by atoms with van der Waals surface area (Å²) < 4.78 is 36.8. The molecule has 0 bridgehead atoms. The first-order chi connectivity index (χ1) is 9.70. The molecule has 0 heterocycles. The fourth-order valence-electron chi connectivity index (χ4n) is 1.55. The smallest absolute Gasteiger partial charge is 0.190 e. The molecule has 0 aliphatic carbocycles. The van der Waals surface area contributed by atoms with Gasteiger partial charge in [0.15, 0.2) is 17.4 Å². The van der Waals surface area contributed by atoms with Gasteiger partial charge < -0.3 is 9.47 Å². The summed E-state index contributed by atoms with van der Waals surface area (Å²) in [5.41, 5.74) is 0.530. The zero-order valence-electron chi connectivity index (χ0n) is 10.5. The Hall–Kier alpha value is -2.61. The molecule has 3 nitrogen and oxygen atoms in total. The molecule has 0 spiro atoms. The van der Waals surface area contributed by atoms with Gasteiger partial charge in [0.1, 0.15) is 19.0 Å². The summed E-state index contributed by atoms with van der Waals surface area (Å²) in [5, 5.41) is 8.64. The molecule has 0 aliphatic rings. The van der Waals surface area contributed by atoms with Gasteiger partial charge in [-0.25, -0.2) is 8.78 Å². The average molecular weight is 275 g/mol. The van der Waals surface area contributed by atoms with Crippen LogP contribution in [0.25, 0.3) is 0 Å². The van der Waals surface area contributed by atoms with Gasteiger partial charge in [0.2, 0.25) is 0 Å². The second kappa shape index (κ2) is 6.53. The van der Waals surface area contributed by atoms with Crippen molar-refractivity contribution in [2.24, 2.45) is 0 Å². The Kier molecular flexibility index (Phi) is 4.51. The fourth-order valence-corrected chi connectivity index (χ4v) is 1.55. The summed E-state index contributed by atoms with van der Waals surface area (Å²) in [7, 11) is 0. The lowest BCUT2D eigenvalue weighted by molar-refractivity contribution is 0.205. The first-order valence-corrected chi connectivity index (χ1v) is 5.90. The molecule has 0 saturated carbocycles. The molecule has 0 aromatic heterocycles. The van der Waals surface area contributed by atoms with Crippen LogP contribution in [-0.4, -0.2) is 13.2 Å². The number of rotatable bonds is 5. The van der Waals surface area contributed by atoms with Gasteiger partial charge in [0.05, 0.1) is 11.6 Å². The first-order valence-electron chi connectivity index (χ1n) is 5.90. The summed E-state index contributed by atoms with van der Waals surface area (Å²) in [5.74, 6) is -1.34. The SMILES string of the molecule is N#Cc1ccc(OCCOc2c(F)cccc2F)cc1. The molecule has 0 N–H and O–H groups in total. The van der Waals surface area contributed by atoms with E-state index in [1.54, 1.807) is 24.3 Å². The number of ether oxygens (including phenoxy) is 2. The zero-order valence-corrected chi connectivity index (χ0v) is 10.5. The maximum absolute atomic E-state index is 13.2. The van der Waals surface area contributed by atoms with Gasteiger partial charge in [0.25, 0.3) is 0 Å². The van der Waals surface area contributed by atoms with Gasteiger partial charge in [-0.1, -0.05) is 6.07 Å². The molecular weight excluding hydrogens is 264 g/mol. The lowest BCUT2D eigenvalue weighted by Crippen LogP contribution is -2.10. The van der Waals surface area contributed by atoms with Gasteiger partial charge >= 0.3 is 0 Å². The topological polar surface area (TPSA) is 42.2 Å². The molecule has 0 fully saturated rings. The van der Waals surface area contributed by atoms with Gasteiger partial charge in [-0.05, 0) is 36.4 Å². The van der Waals surface area contributed by atoms with Gasteiger partial charge in [-0.3, -0.25) is 0 Å². The highest BCUT2D eigenvalue weighted by molar-refractivity contribution is 5.34. The predicted octanol–water partition coefficient (Wildman–Crippen LogP) is 3.29. The lowest BCUT2D eigenvalue weighted by atomic mass is 10.2. The van der Waals surface area contributed by atoms with Crippen molar-refractivity contribution in [2.75, 3.05) is 13.2 Å². The van der Waals surface area contributed by atoms with E-state index in [1.807, 2.05) is 6.07 Å². The molecule has 0 amide bonds. The highest BCUT2D eigenvalue weighted by Crippen LogP contribution is 2.20. The Balaban J connectivity index is 1.83. The van der Waals surface area contributed by atoms with Crippen molar-refractivity contribution in [3.8, 4) is 17.6 Å². The Bertz CT molecular complexity index is 601. The van der Waals surface area contributed by atoms with Crippen LogP contribution in [0.1, 0.15) is 5.56 Å². The maximum atomic E-state index is 13.2. The van der Waals surface area contributed by atoms with Gasteiger partial charge in [-0.15, -0.1) is 0 Å². The third kappa shape index (κ3) is 3.45. The number of hydrogen-bond donors (Lipinski definition) is 0. The maximum Gasteiger partial charge on any atom is 0.190 e. The largest absolute Gasteiger partial charge is 0.490 e. The Labute approximate surface area is 115 Å². The summed E-state index contributed by atoms with van der Waals surface area (Å²) in [6, 6.07) is 12.0. The molecule has 20 heavy (non-hydrogen) atoms. The van der Waals surface area contributed by atoms with Crippen molar-refractivity contribution in [3.63, 3.8) is 0 Å². The van der Waals surface area contributed by atoms with Crippen LogP contribution in [0.3, 0.4) is 0 Å². The normalized spacial score (nSPS) is 9.85. The van der Waals surface area contributed by atoms with E-state index in [1.165, 1.54) is 6.07 Å². The van der Waals surface area contributed by atoms with E-state index < -0.39 is 17.4 Å². The van der Waals surface area contributed by atoms with Crippen molar-refractivity contribution in [2.45, 2.75) is 0 Å². The molecule has 2 rings (SSSR count). The summed E-state index contributed by atoms with van der Waals surface area (Å²) >= 11 is 0. The third-order valence-electron chi connectivity index (χ3n) is 2.50. The fraction of sp³-hybridized carbons (Fsp3) is 0.133. The molecule has 2 aromatic rings. The van der Waals surface area contributed by atoms with E-state index in [9.17, 15) is 8.78 Å². The second-order valence-electron chi connectivity index (χ2n) is 3.88. The van der Waals surface area contributed by atoms with E-state index in [0.717, 1.165) is 12.1 Å². The van der Waals surface area contributed by atoms with Crippen LogP contribution in [-0.2, 0) is 0 Å². The van der Waals surface area contributed by atoms with E-state index in [0.29, 0.717) is 11.3 Å². The molecule has 0 radical (unpaired) electrons. The van der Waals surface area contributed by atoms with Gasteiger partial charge in [0, 0.05) is 0 Å². The standard InChI is InChI=1S/C15H11F2NO2/c16-13-2-1-3-14(17)15(13)20-9-8-19-12-6-4-11(10-18)5-7-12/h1-7H,8-9H2. The Morgan fingerprint density at radius 3 is 2.10 bits per heavy atom. The van der Waals surface area contributed by atoms with E-state index in [2.05, 4.69) is 0 Å². The minimum Gasteiger partial charge on any atom is -0.490 e. The second-order valence-corrected chi connectivity index (χ2v) is 3.88. The number of nitrogens with zero attached hydrogens (tertiary/aromatic N) is 1. The van der Waals surface area contributed by atoms with Crippen molar-refractivity contribution < 1.29 is 18.3 Å². The number of nitriles is 1. The predicted molar refractivity (Wildman–Crippen MR) is 68.5 cm³/mol. The van der Waals surface area contributed by atoms with Crippen LogP contribution in [0.2, 0.25) is 0 Å². The lowest BCUT2D eigenvalue weighted by Gasteiger charge is -2.09. The summed E-state index contributed by atoms with van der Waals surface area (Å²) in [6.07, 6.45) is 0. The molecule has 0 atom stereocenters. The third-order valence-corrected chi connectivity index (χ3v) is 2.50. The van der Waals surface area contributed by atoms with Gasteiger partial charge in [-0.2, -0.15) is 5.26 Å². The minimum absolute atomic E-state index is 0.0118. The molecule has 0 aliphatic heterocycles. The van der Waals surface area contributed by atoms with Crippen molar-refractivity contribution in [1.29, 1.82) is 5.26 Å². The highest BCUT2D eigenvalue weighted by atomic mass is 19.1. The monoisotopic (exact) mass is 275 g/mol. The number of benzene rings is 2. The van der Waals surface area contributed by atoms with E-state index in [-0.39, 0.29) is 13.2 Å². The van der Waals surface area contributed by atoms with Crippen LogP contribution in [0.4, 0.5) is 8.78 Å². The quantitative estimate of drug-likeness (QED) is 0.786. The van der Waals surface area contributed by atoms with Crippen molar-refractivity contribution in [1.82, 2.24) is 0 Å². The zero-order chi connectivity index (χ0) is 14.4. The first kappa shape index (κ1) is 13.8. The minimum atomic E-state index is -0.747. The Morgan fingerprint density at radius 1 is 0.900 bits per heavy atom. The van der Waals surface area contributed by atoms with Crippen LogP contribution >= 0.6 is 0 Å². The van der Waals surface area contributed by atoms with Crippen molar-refractivity contribution >= 4 is 0 Å². The Morgan fingerprint density at radius 2 is 1.50 bits per heavy atom. The van der Waals surface area contributed by atoms with E-state index >= 15 is 0 Å². The van der Waals surface area contributed by atoms with Crippen molar-refractivity contribution in [3.05, 3.63) is 59.7 Å². The van der Waals surface area contributed by atoms with Crippen LogP contribution in [0.15, 0.2) is 42.5 Å². The molecule has 5 heteroatoms. The summed E-state index contributed by atoms with van der Waals surface area (Å²) in [6.45, 7) is 0.150. The molecular formula is C15H11F2NO2. The highest BCUT2D eigenvalue weighted by Gasteiger charge is 2.09. The summed E-state index contributed by atoms with van der Waals surface area (Å²) in [4.78, 5) is 0. The van der Waals surface area contributed by atoms with Crippen LogP contribution in [0, 0.1) is 23.0 Å². The number of halogens is 2. The van der Waals surface area contributed by atoms with E-state index in [4.69, 9.17) is 14.7 Å². The number of para-hydroxylation sites is 1. The molecule has 2 aromatic carbocycles. The molecule has 0 unspecified atom stereocenters. The average Bonchev–Trinajstić information content (AvgIpc) is 2.46. The van der Waals surface area contributed by atoms with Crippen LogP contribution in [0.5, 0.6) is 11.5 Å². The number of hydrogen-bond acceptors (Lipinski definition) is 3.